The van der Waals surface area contributed by atoms with Crippen LogP contribution in [0.4, 0.5) is 0 Å². The monoisotopic (exact) mass is 293 g/mol. The first-order valence-electron chi connectivity index (χ1n) is 6.16. The molecule has 1 N–H and O–H groups in total. The molecule has 0 unspecified atom stereocenters. The molecule has 1 fully saturated rings. The Bertz CT molecular complexity index is 540. The van der Waals surface area contributed by atoms with Crippen LogP contribution in [0.5, 0.6) is 5.75 Å². The third-order valence-electron chi connectivity index (χ3n) is 2.78. The molecule has 1 amide bonds. The summed E-state index contributed by atoms with van der Waals surface area (Å²) in [5.74, 6) is 0.155. The van der Waals surface area contributed by atoms with E-state index in [2.05, 4.69) is 6.92 Å². The highest BCUT2D eigenvalue weighted by molar-refractivity contribution is 8.26. The van der Waals surface area contributed by atoms with Gasteiger partial charge in [-0.05, 0) is 30.2 Å². The first-order chi connectivity index (χ1) is 9.11. The molecular formula is C14H15NO2S2. The van der Waals surface area contributed by atoms with Crippen molar-refractivity contribution >= 4 is 40.3 Å². The van der Waals surface area contributed by atoms with Crippen LogP contribution >= 0.6 is 24.0 Å². The first-order valence-corrected chi connectivity index (χ1v) is 7.38. The molecule has 0 aromatic heterocycles. The number of carbonyl (C=O) groups is 1. The van der Waals surface area contributed by atoms with Crippen LogP contribution in [-0.2, 0) is 4.79 Å². The van der Waals surface area contributed by atoms with E-state index in [9.17, 15) is 9.90 Å². The molecule has 1 heterocycles. The number of carbonyl (C=O) groups excluding carboxylic acids is 1. The Hall–Kier alpha value is -1.33. The average molecular weight is 293 g/mol. The van der Waals surface area contributed by atoms with Gasteiger partial charge in [-0.3, -0.25) is 9.69 Å². The molecule has 1 aliphatic heterocycles. The van der Waals surface area contributed by atoms with Crippen LogP contribution in [0.15, 0.2) is 29.2 Å². The van der Waals surface area contributed by atoms with E-state index in [1.54, 1.807) is 29.2 Å². The summed E-state index contributed by atoms with van der Waals surface area (Å²) in [7, 11) is 0. The Labute approximate surface area is 122 Å². The molecule has 1 aromatic rings. The number of hydrogen-bond acceptors (Lipinski definition) is 4. The number of rotatable bonds is 4. The highest BCUT2D eigenvalue weighted by Gasteiger charge is 2.31. The number of phenolic OH excluding ortho intramolecular Hbond substituents is 1. The largest absolute Gasteiger partial charge is 0.508 e. The second-order valence-corrected chi connectivity index (χ2v) is 5.96. The van der Waals surface area contributed by atoms with Gasteiger partial charge in [0.15, 0.2) is 0 Å². The van der Waals surface area contributed by atoms with Crippen LogP contribution in [-0.4, -0.2) is 26.8 Å². The predicted molar refractivity (Wildman–Crippen MR) is 82.9 cm³/mol. The maximum Gasteiger partial charge on any atom is 0.266 e. The molecule has 0 radical (unpaired) electrons. The van der Waals surface area contributed by atoms with Gasteiger partial charge in [-0.25, -0.2) is 0 Å². The van der Waals surface area contributed by atoms with Crippen molar-refractivity contribution in [3.63, 3.8) is 0 Å². The van der Waals surface area contributed by atoms with Gasteiger partial charge in [-0.15, -0.1) is 0 Å². The van der Waals surface area contributed by atoms with Gasteiger partial charge < -0.3 is 5.11 Å². The summed E-state index contributed by atoms with van der Waals surface area (Å²) in [5, 5.41) is 9.42. The number of benzene rings is 1. The van der Waals surface area contributed by atoms with E-state index >= 15 is 0 Å². The van der Waals surface area contributed by atoms with Crippen molar-refractivity contribution in [3.8, 4) is 5.75 Å². The van der Waals surface area contributed by atoms with Crippen molar-refractivity contribution in [2.75, 3.05) is 6.54 Å². The minimum Gasteiger partial charge on any atom is -0.508 e. The molecule has 1 aliphatic rings. The average Bonchev–Trinajstić information content (AvgIpc) is 2.62. The maximum atomic E-state index is 12.2. The second kappa shape index (κ2) is 6.21. The Morgan fingerprint density at radius 1 is 1.47 bits per heavy atom. The van der Waals surface area contributed by atoms with Crippen LogP contribution < -0.4 is 0 Å². The molecule has 1 aromatic carbocycles. The Kier molecular flexibility index (Phi) is 4.61. The first kappa shape index (κ1) is 14.1. The summed E-state index contributed by atoms with van der Waals surface area (Å²) in [5.41, 5.74) is 0.802. The molecule has 0 saturated carbocycles. The van der Waals surface area contributed by atoms with E-state index in [0.717, 1.165) is 18.4 Å². The van der Waals surface area contributed by atoms with Crippen molar-refractivity contribution in [1.82, 2.24) is 4.90 Å². The summed E-state index contributed by atoms with van der Waals surface area (Å²) < 4.78 is 0.616. The molecule has 0 atom stereocenters. The minimum atomic E-state index is -0.0354. The van der Waals surface area contributed by atoms with E-state index in [0.29, 0.717) is 15.8 Å². The third kappa shape index (κ3) is 3.36. The van der Waals surface area contributed by atoms with Gasteiger partial charge in [-0.2, -0.15) is 0 Å². The lowest BCUT2D eigenvalue weighted by atomic mass is 10.2. The van der Waals surface area contributed by atoms with Crippen molar-refractivity contribution in [2.45, 2.75) is 19.8 Å². The molecule has 1 saturated heterocycles. The Balaban J connectivity index is 2.18. The van der Waals surface area contributed by atoms with Gasteiger partial charge in [0.05, 0.1) is 4.91 Å². The van der Waals surface area contributed by atoms with E-state index < -0.39 is 0 Å². The number of aromatic hydroxyl groups is 1. The van der Waals surface area contributed by atoms with E-state index in [-0.39, 0.29) is 11.7 Å². The summed E-state index contributed by atoms with van der Waals surface area (Å²) in [6.07, 6.45) is 3.75. The summed E-state index contributed by atoms with van der Waals surface area (Å²) in [4.78, 5) is 14.5. The van der Waals surface area contributed by atoms with Gasteiger partial charge in [0.2, 0.25) is 0 Å². The van der Waals surface area contributed by atoms with Gasteiger partial charge >= 0.3 is 0 Å². The Morgan fingerprint density at radius 2 is 2.26 bits per heavy atom. The van der Waals surface area contributed by atoms with E-state index in [1.165, 1.54) is 11.8 Å². The molecule has 0 aliphatic carbocycles. The summed E-state index contributed by atoms with van der Waals surface area (Å²) in [6.45, 7) is 2.76. The number of thioether (sulfide) groups is 1. The second-order valence-electron chi connectivity index (χ2n) is 4.28. The van der Waals surface area contributed by atoms with Crippen LogP contribution in [0.2, 0.25) is 0 Å². The fourth-order valence-electron chi connectivity index (χ4n) is 1.77. The lowest BCUT2D eigenvalue weighted by Crippen LogP contribution is -2.28. The molecule has 5 heteroatoms. The lowest BCUT2D eigenvalue weighted by Gasteiger charge is -2.12. The minimum absolute atomic E-state index is 0.0354. The molecule has 100 valence electrons. The quantitative estimate of drug-likeness (QED) is 0.682. The highest BCUT2D eigenvalue weighted by Crippen LogP contribution is 2.33. The zero-order chi connectivity index (χ0) is 13.8. The van der Waals surface area contributed by atoms with Crippen molar-refractivity contribution in [2.24, 2.45) is 0 Å². The van der Waals surface area contributed by atoms with Gasteiger partial charge in [0.1, 0.15) is 10.1 Å². The summed E-state index contributed by atoms with van der Waals surface area (Å²) in [6, 6.07) is 6.82. The molecule has 2 rings (SSSR count). The Morgan fingerprint density at radius 3 is 2.95 bits per heavy atom. The van der Waals surface area contributed by atoms with E-state index in [1.807, 2.05) is 6.07 Å². The van der Waals surface area contributed by atoms with Gasteiger partial charge in [-0.1, -0.05) is 49.5 Å². The number of unbranched alkanes of at least 4 members (excludes halogenated alkanes) is 1. The van der Waals surface area contributed by atoms with Crippen LogP contribution in [0.3, 0.4) is 0 Å². The number of amides is 1. The third-order valence-corrected chi connectivity index (χ3v) is 4.15. The van der Waals surface area contributed by atoms with E-state index in [4.69, 9.17) is 12.2 Å². The molecule has 0 bridgehead atoms. The number of hydrogen-bond donors (Lipinski definition) is 1. The number of thiocarbonyl (C=S) groups is 1. The molecule has 19 heavy (non-hydrogen) atoms. The number of nitrogens with zero attached hydrogens (tertiary/aromatic N) is 1. The zero-order valence-electron chi connectivity index (χ0n) is 10.6. The molecular weight excluding hydrogens is 278 g/mol. The zero-order valence-corrected chi connectivity index (χ0v) is 12.3. The smallest absolute Gasteiger partial charge is 0.266 e. The van der Waals surface area contributed by atoms with Crippen LogP contribution in [0.25, 0.3) is 6.08 Å². The molecule has 3 nitrogen and oxygen atoms in total. The maximum absolute atomic E-state index is 12.2. The SMILES string of the molecule is CCCCN1C(=O)C(=Cc2cccc(O)c2)SC1=S. The predicted octanol–water partition coefficient (Wildman–Crippen LogP) is 3.39. The highest BCUT2D eigenvalue weighted by atomic mass is 32.2. The summed E-state index contributed by atoms with van der Waals surface area (Å²) >= 11 is 6.55. The fraction of sp³-hybridized carbons (Fsp3) is 0.286. The van der Waals surface area contributed by atoms with Gasteiger partial charge in [0.25, 0.3) is 5.91 Å². The van der Waals surface area contributed by atoms with Gasteiger partial charge in [0, 0.05) is 6.54 Å². The van der Waals surface area contributed by atoms with Crippen LogP contribution in [0, 0.1) is 0 Å². The van der Waals surface area contributed by atoms with Crippen LogP contribution in [0.1, 0.15) is 25.3 Å². The van der Waals surface area contributed by atoms with Crippen molar-refractivity contribution in [1.29, 1.82) is 0 Å². The normalized spacial score (nSPS) is 17.5. The van der Waals surface area contributed by atoms with Crippen molar-refractivity contribution in [3.05, 3.63) is 34.7 Å². The lowest BCUT2D eigenvalue weighted by molar-refractivity contribution is -0.122. The standard InChI is InChI=1S/C14H15NO2S2/c1-2-3-7-15-13(17)12(19-14(15)18)9-10-5-4-6-11(16)8-10/h4-6,8-9,16H,2-3,7H2,1H3. The number of phenols is 1. The molecule has 0 spiro atoms. The topological polar surface area (TPSA) is 40.5 Å². The van der Waals surface area contributed by atoms with Crippen molar-refractivity contribution < 1.29 is 9.90 Å². The fourth-order valence-corrected chi connectivity index (χ4v) is 3.08.